The molecule has 0 aliphatic rings. The first kappa shape index (κ1) is 17.9. The van der Waals surface area contributed by atoms with E-state index in [9.17, 15) is 4.79 Å². The van der Waals surface area contributed by atoms with E-state index in [0.29, 0.717) is 22.2 Å². The number of amides is 1. The quantitative estimate of drug-likeness (QED) is 0.633. The van der Waals surface area contributed by atoms with Gasteiger partial charge in [-0.3, -0.25) is 4.79 Å². The molecule has 0 atom stereocenters. The minimum Gasteiger partial charge on any atom is -0.352 e. The Morgan fingerprint density at radius 1 is 1.16 bits per heavy atom. The lowest BCUT2D eigenvalue weighted by Crippen LogP contribution is -2.25. The molecule has 1 amide bonds. The third kappa shape index (κ3) is 4.60. The summed E-state index contributed by atoms with van der Waals surface area (Å²) in [7, 11) is 0. The molecule has 6 heteroatoms. The maximum absolute atomic E-state index is 12.2. The second-order valence-electron chi connectivity index (χ2n) is 5.58. The monoisotopic (exact) mass is 390 g/mol. The van der Waals surface area contributed by atoms with Crippen LogP contribution in [0.15, 0.2) is 47.8 Å². The zero-order chi connectivity index (χ0) is 17.8. The molecule has 0 saturated carbocycles. The van der Waals surface area contributed by atoms with E-state index in [2.05, 4.69) is 39.9 Å². The zero-order valence-electron chi connectivity index (χ0n) is 13.6. The van der Waals surface area contributed by atoms with Crippen LogP contribution in [0, 0.1) is 6.92 Å². The average molecular weight is 391 g/mol. The topological polar surface area (TPSA) is 42.0 Å². The van der Waals surface area contributed by atoms with Gasteiger partial charge in [0.15, 0.2) is 0 Å². The minimum atomic E-state index is -0.198. The highest BCUT2D eigenvalue weighted by molar-refractivity contribution is 7.09. The summed E-state index contributed by atoms with van der Waals surface area (Å²) in [6, 6.07) is 13.1. The molecule has 3 rings (SSSR count). The number of carbonyl (C=O) groups is 1. The van der Waals surface area contributed by atoms with E-state index in [-0.39, 0.29) is 5.91 Å². The van der Waals surface area contributed by atoms with Gasteiger partial charge in [0.05, 0.1) is 21.3 Å². The number of halogens is 2. The zero-order valence-corrected chi connectivity index (χ0v) is 15.9. The van der Waals surface area contributed by atoms with E-state index in [1.54, 1.807) is 29.5 Å². The van der Waals surface area contributed by atoms with Crippen molar-refractivity contribution in [3.63, 3.8) is 0 Å². The Hall–Kier alpha value is -1.88. The SMILES string of the molecule is Cc1nc(-c2ccc(CCNC(=O)c3ccc(Cl)cc3Cl)cc2)cs1. The number of hydrogen-bond acceptors (Lipinski definition) is 3. The number of hydrogen-bond donors (Lipinski definition) is 1. The van der Waals surface area contributed by atoms with Crippen LogP contribution in [0.1, 0.15) is 20.9 Å². The van der Waals surface area contributed by atoms with Crippen LogP contribution in [-0.4, -0.2) is 17.4 Å². The lowest BCUT2D eigenvalue weighted by atomic mass is 10.1. The Kier molecular flexibility index (Phi) is 5.74. The molecule has 0 fully saturated rings. The summed E-state index contributed by atoms with van der Waals surface area (Å²) in [6.45, 7) is 2.53. The van der Waals surface area contributed by atoms with Gasteiger partial charge in [-0.2, -0.15) is 0 Å². The number of aromatic nitrogens is 1. The van der Waals surface area contributed by atoms with Crippen molar-refractivity contribution in [1.82, 2.24) is 10.3 Å². The van der Waals surface area contributed by atoms with Gasteiger partial charge in [0.25, 0.3) is 5.91 Å². The standard InChI is InChI=1S/C19H16Cl2N2OS/c1-12-23-18(11-25-12)14-4-2-13(3-5-14)8-9-22-19(24)16-7-6-15(20)10-17(16)21/h2-7,10-11H,8-9H2,1H3,(H,22,24). The predicted molar refractivity (Wildman–Crippen MR) is 105 cm³/mol. The van der Waals surface area contributed by atoms with E-state index in [1.807, 2.05) is 6.92 Å². The molecule has 2 aromatic carbocycles. The molecule has 3 nitrogen and oxygen atoms in total. The molecule has 0 aliphatic heterocycles. The summed E-state index contributed by atoms with van der Waals surface area (Å²) in [5, 5.41) is 6.86. The van der Waals surface area contributed by atoms with Gasteiger partial charge in [0, 0.05) is 22.5 Å². The Morgan fingerprint density at radius 3 is 2.56 bits per heavy atom. The number of benzene rings is 2. The smallest absolute Gasteiger partial charge is 0.252 e. The average Bonchev–Trinajstić information content (AvgIpc) is 3.02. The van der Waals surface area contributed by atoms with E-state index in [4.69, 9.17) is 23.2 Å². The predicted octanol–water partition coefficient (Wildman–Crippen LogP) is 5.40. The number of thiazole rings is 1. The Bertz CT molecular complexity index is 891. The number of carbonyl (C=O) groups excluding carboxylic acids is 1. The van der Waals surface area contributed by atoms with Gasteiger partial charge in [-0.25, -0.2) is 4.98 Å². The van der Waals surface area contributed by atoms with Crippen molar-refractivity contribution >= 4 is 40.4 Å². The van der Waals surface area contributed by atoms with Gasteiger partial charge in [0.1, 0.15) is 0 Å². The lowest BCUT2D eigenvalue weighted by molar-refractivity contribution is 0.0954. The van der Waals surface area contributed by atoms with Crippen LogP contribution in [0.25, 0.3) is 11.3 Å². The van der Waals surface area contributed by atoms with Crippen molar-refractivity contribution < 1.29 is 4.79 Å². The molecule has 1 N–H and O–H groups in total. The molecular weight excluding hydrogens is 375 g/mol. The second kappa shape index (κ2) is 8.00. The highest BCUT2D eigenvalue weighted by atomic mass is 35.5. The number of nitrogens with one attached hydrogen (secondary N) is 1. The van der Waals surface area contributed by atoms with Crippen LogP contribution in [0.5, 0.6) is 0 Å². The summed E-state index contributed by atoms with van der Waals surface area (Å²) < 4.78 is 0. The molecule has 1 heterocycles. The Labute approximate surface area is 160 Å². The van der Waals surface area contributed by atoms with E-state index < -0.39 is 0 Å². The summed E-state index contributed by atoms with van der Waals surface area (Å²) in [5.41, 5.74) is 3.68. The van der Waals surface area contributed by atoms with Crippen molar-refractivity contribution in [2.75, 3.05) is 6.54 Å². The van der Waals surface area contributed by atoms with Gasteiger partial charge < -0.3 is 5.32 Å². The highest BCUT2D eigenvalue weighted by Gasteiger charge is 2.10. The van der Waals surface area contributed by atoms with Crippen molar-refractivity contribution in [3.8, 4) is 11.3 Å². The molecule has 0 saturated heterocycles. The van der Waals surface area contributed by atoms with Gasteiger partial charge in [0.2, 0.25) is 0 Å². The third-order valence-electron chi connectivity index (χ3n) is 3.74. The molecule has 0 unspecified atom stereocenters. The second-order valence-corrected chi connectivity index (χ2v) is 7.48. The first-order valence-corrected chi connectivity index (χ1v) is 9.41. The highest BCUT2D eigenvalue weighted by Crippen LogP contribution is 2.22. The number of rotatable bonds is 5. The van der Waals surface area contributed by atoms with Gasteiger partial charge in [-0.15, -0.1) is 11.3 Å². The molecule has 0 radical (unpaired) electrons. The summed E-state index contributed by atoms with van der Waals surface area (Å²) in [6.07, 6.45) is 0.743. The van der Waals surface area contributed by atoms with E-state index in [0.717, 1.165) is 28.2 Å². The number of aryl methyl sites for hydroxylation is 1. The molecule has 0 aliphatic carbocycles. The Morgan fingerprint density at radius 2 is 1.92 bits per heavy atom. The third-order valence-corrected chi connectivity index (χ3v) is 5.07. The number of nitrogens with zero attached hydrogens (tertiary/aromatic N) is 1. The summed E-state index contributed by atoms with van der Waals surface area (Å²) >= 11 is 13.5. The van der Waals surface area contributed by atoms with Crippen LogP contribution < -0.4 is 5.32 Å². The van der Waals surface area contributed by atoms with Crippen molar-refractivity contribution in [3.05, 3.63) is 74.0 Å². The fourth-order valence-electron chi connectivity index (χ4n) is 2.43. The first-order chi connectivity index (χ1) is 12.0. The maximum Gasteiger partial charge on any atom is 0.252 e. The van der Waals surface area contributed by atoms with Gasteiger partial charge >= 0.3 is 0 Å². The molecule has 0 spiro atoms. The molecule has 128 valence electrons. The van der Waals surface area contributed by atoms with Crippen LogP contribution in [0.3, 0.4) is 0 Å². The minimum absolute atomic E-state index is 0.198. The molecular formula is C19H16Cl2N2OS. The van der Waals surface area contributed by atoms with Crippen molar-refractivity contribution in [1.29, 1.82) is 0 Å². The fourth-order valence-corrected chi connectivity index (χ4v) is 3.54. The van der Waals surface area contributed by atoms with Crippen molar-refractivity contribution in [2.45, 2.75) is 13.3 Å². The summed E-state index contributed by atoms with van der Waals surface area (Å²) in [4.78, 5) is 16.6. The van der Waals surface area contributed by atoms with E-state index in [1.165, 1.54) is 0 Å². The van der Waals surface area contributed by atoms with Crippen LogP contribution in [0.4, 0.5) is 0 Å². The molecule has 25 heavy (non-hydrogen) atoms. The van der Waals surface area contributed by atoms with Crippen LogP contribution in [0.2, 0.25) is 10.0 Å². The van der Waals surface area contributed by atoms with Crippen LogP contribution in [-0.2, 0) is 6.42 Å². The fraction of sp³-hybridized carbons (Fsp3) is 0.158. The Balaban J connectivity index is 1.56. The van der Waals surface area contributed by atoms with Crippen LogP contribution >= 0.6 is 34.5 Å². The van der Waals surface area contributed by atoms with Gasteiger partial charge in [-0.1, -0.05) is 47.5 Å². The molecule has 1 aromatic heterocycles. The normalized spacial score (nSPS) is 10.7. The maximum atomic E-state index is 12.2. The lowest BCUT2D eigenvalue weighted by Gasteiger charge is -2.07. The van der Waals surface area contributed by atoms with Crippen molar-refractivity contribution in [2.24, 2.45) is 0 Å². The van der Waals surface area contributed by atoms with E-state index >= 15 is 0 Å². The molecule has 0 bridgehead atoms. The molecule has 3 aromatic rings. The van der Waals surface area contributed by atoms with Gasteiger partial charge in [-0.05, 0) is 37.1 Å². The largest absolute Gasteiger partial charge is 0.352 e. The summed E-state index contributed by atoms with van der Waals surface area (Å²) in [5.74, 6) is -0.198. The first-order valence-electron chi connectivity index (χ1n) is 7.77.